The van der Waals surface area contributed by atoms with Crippen molar-refractivity contribution in [3.05, 3.63) is 53.5 Å². The molecule has 0 bridgehead atoms. The molecular weight excluding hydrogens is 260 g/mol. The van der Waals surface area contributed by atoms with Gasteiger partial charge < -0.3 is 0 Å². The van der Waals surface area contributed by atoms with E-state index >= 15 is 0 Å². The summed E-state index contributed by atoms with van der Waals surface area (Å²) < 4.78 is 51.8. The van der Waals surface area contributed by atoms with Crippen molar-refractivity contribution in [1.82, 2.24) is 4.98 Å². The molecule has 2 nitrogen and oxygen atoms in total. The van der Waals surface area contributed by atoms with Crippen molar-refractivity contribution in [3.63, 3.8) is 0 Å². The molecule has 0 amide bonds. The number of alkyl halides is 3. The number of rotatable bonds is 1. The molecular formula is C13H6F4N2. The van der Waals surface area contributed by atoms with Crippen molar-refractivity contribution in [2.45, 2.75) is 6.18 Å². The third-order valence-electron chi connectivity index (χ3n) is 2.50. The van der Waals surface area contributed by atoms with E-state index in [0.717, 1.165) is 6.07 Å². The molecule has 0 saturated heterocycles. The van der Waals surface area contributed by atoms with Crippen LogP contribution in [0, 0.1) is 17.1 Å². The number of hydrogen-bond acceptors (Lipinski definition) is 2. The molecule has 0 N–H and O–H groups in total. The molecule has 0 spiro atoms. The smallest absolute Gasteiger partial charge is 0.256 e. The monoisotopic (exact) mass is 266 g/mol. The van der Waals surface area contributed by atoms with Crippen LogP contribution in [-0.4, -0.2) is 4.98 Å². The molecule has 0 atom stereocenters. The van der Waals surface area contributed by atoms with E-state index in [1.54, 1.807) is 12.1 Å². The maximum Gasteiger partial charge on any atom is 0.417 e. The molecule has 96 valence electrons. The number of aromatic nitrogens is 1. The van der Waals surface area contributed by atoms with Gasteiger partial charge in [0.1, 0.15) is 11.6 Å². The Balaban J connectivity index is 2.67. The van der Waals surface area contributed by atoms with Crippen molar-refractivity contribution >= 4 is 0 Å². The van der Waals surface area contributed by atoms with Crippen LogP contribution in [0.4, 0.5) is 17.6 Å². The lowest BCUT2D eigenvalue weighted by atomic mass is 10.0. The third-order valence-corrected chi connectivity index (χ3v) is 2.50. The van der Waals surface area contributed by atoms with Gasteiger partial charge in [-0.05, 0) is 24.3 Å². The highest BCUT2D eigenvalue weighted by Gasteiger charge is 2.35. The van der Waals surface area contributed by atoms with Crippen LogP contribution in [0.3, 0.4) is 0 Å². The van der Waals surface area contributed by atoms with E-state index in [1.165, 1.54) is 18.3 Å². The van der Waals surface area contributed by atoms with Gasteiger partial charge in [-0.1, -0.05) is 6.07 Å². The fraction of sp³-hybridized carbons (Fsp3) is 0.0769. The Hall–Kier alpha value is -2.42. The van der Waals surface area contributed by atoms with Crippen molar-refractivity contribution in [1.29, 1.82) is 5.26 Å². The van der Waals surface area contributed by atoms with E-state index in [2.05, 4.69) is 4.98 Å². The molecule has 19 heavy (non-hydrogen) atoms. The molecule has 0 fully saturated rings. The second kappa shape index (κ2) is 4.69. The lowest BCUT2D eigenvalue weighted by Gasteiger charge is -2.11. The molecule has 6 heteroatoms. The van der Waals surface area contributed by atoms with E-state index in [-0.39, 0.29) is 11.3 Å². The van der Waals surface area contributed by atoms with Crippen molar-refractivity contribution in [2.24, 2.45) is 0 Å². The zero-order valence-corrected chi connectivity index (χ0v) is 9.37. The number of halogens is 4. The van der Waals surface area contributed by atoms with Crippen LogP contribution in [0.1, 0.15) is 11.1 Å². The summed E-state index contributed by atoms with van der Waals surface area (Å²) in [4.78, 5) is 3.85. The highest BCUT2D eigenvalue weighted by Crippen LogP contribution is 2.35. The van der Waals surface area contributed by atoms with E-state index in [4.69, 9.17) is 5.26 Å². The Kier molecular flexibility index (Phi) is 3.21. The maximum absolute atomic E-state index is 14.0. The topological polar surface area (TPSA) is 36.7 Å². The molecule has 0 unspecified atom stereocenters. The minimum atomic E-state index is -4.77. The lowest BCUT2D eigenvalue weighted by Crippen LogP contribution is -2.10. The van der Waals surface area contributed by atoms with Gasteiger partial charge in [0.15, 0.2) is 5.82 Å². The molecule has 1 aromatic carbocycles. The molecule has 1 heterocycles. The van der Waals surface area contributed by atoms with E-state index in [9.17, 15) is 17.6 Å². The van der Waals surface area contributed by atoms with E-state index in [0.29, 0.717) is 6.07 Å². The lowest BCUT2D eigenvalue weighted by molar-refractivity contribution is -0.138. The van der Waals surface area contributed by atoms with Gasteiger partial charge in [-0.15, -0.1) is 0 Å². The first-order valence-electron chi connectivity index (χ1n) is 5.16. The number of hydrogen-bond donors (Lipinski definition) is 0. The number of pyridine rings is 1. The maximum atomic E-state index is 14.0. The molecule has 0 radical (unpaired) electrons. The first-order valence-corrected chi connectivity index (χ1v) is 5.16. The van der Waals surface area contributed by atoms with Crippen molar-refractivity contribution < 1.29 is 17.6 Å². The van der Waals surface area contributed by atoms with Gasteiger partial charge >= 0.3 is 6.18 Å². The predicted octanol–water partition coefficient (Wildman–Crippen LogP) is 3.78. The van der Waals surface area contributed by atoms with Gasteiger partial charge in [0, 0.05) is 11.8 Å². The zero-order valence-electron chi connectivity index (χ0n) is 9.37. The van der Waals surface area contributed by atoms with Gasteiger partial charge in [0.2, 0.25) is 0 Å². The zero-order chi connectivity index (χ0) is 14.0. The molecule has 2 aromatic rings. The normalized spacial score (nSPS) is 11.1. The molecule has 0 saturated carbocycles. The Morgan fingerprint density at radius 3 is 2.37 bits per heavy atom. The summed E-state index contributed by atoms with van der Waals surface area (Å²) in [5.41, 5.74) is -2.27. The van der Waals surface area contributed by atoms with Gasteiger partial charge in [-0.3, -0.25) is 4.98 Å². The Labute approximate surface area is 105 Å². The quantitative estimate of drug-likeness (QED) is 0.736. The van der Waals surface area contributed by atoms with Crippen LogP contribution in [-0.2, 0) is 6.18 Å². The Morgan fingerprint density at radius 2 is 1.84 bits per heavy atom. The largest absolute Gasteiger partial charge is 0.417 e. The van der Waals surface area contributed by atoms with Gasteiger partial charge in [0.05, 0.1) is 11.3 Å². The first kappa shape index (κ1) is 13.0. The number of nitrogens with zero attached hydrogens (tertiary/aromatic N) is 2. The summed E-state index contributed by atoms with van der Waals surface area (Å²) in [5, 5.41) is 8.72. The first-order chi connectivity index (χ1) is 8.95. The summed E-state index contributed by atoms with van der Waals surface area (Å²) in [6.07, 6.45) is -3.38. The average Bonchev–Trinajstić information content (AvgIpc) is 2.38. The standard InChI is InChI=1S/C13H6F4N2/c14-12-8(11-3-1-2-6-19-11)4-5-10(9(12)7-18)13(15,16)17/h1-6H. The summed E-state index contributed by atoms with van der Waals surface area (Å²) in [6.45, 7) is 0. The summed E-state index contributed by atoms with van der Waals surface area (Å²) >= 11 is 0. The van der Waals surface area contributed by atoms with Crippen molar-refractivity contribution in [3.8, 4) is 17.3 Å². The van der Waals surface area contributed by atoms with E-state index < -0.39 is 23.1 Å². The molecule has 0 aliphatic heterocycles. The van der Waals surface area contributed by atoms with Gasteiger partial charge in [-0.25, -0.2) is 4.39 Å². The number of nitriles is 1. The number of benzene rings is 1. The summed E-state index contributed by atoms with van der Waals surface area (Å²) in [6, 6.07) is 7.54. The minimum absolute atomic E-state index is 0.134. The fourth-order valence-electron chi connectivity index (χ4n) is 1.64. The second-order valence-corrected chi connectivity index (χ2v) is 3.67. The van der Waals surface area contributed by atoms with Crippen LogP contribution >= 0.6 is 0 Å². The van der Waals surface area contributed by atoms with Crippen LogP contribution in [0.5, 0.6) is 0 Å². The highest BCUT2D eigenvalue weighted by atomic mass is 19.4. The SMILES string of the molecule is N#Cc1c(C(F)(F)F)ccc(-c2ccccn2)c1F. The fourth-order valence-corrected chi connectivity index (χ4v) is 1.64. The Bertz CT molecular complexity index is 642. The molecule has 1 aromatic heterocycles. The molecule has 0 aliphatic rings. The average molecular weight is 266 g/mol. The van der Waals surface area contributed by atoms with Crippen LogP contribution in [0.25, 0.3) is 11.3 Å². The predicted molar refractivity (Wildman–Crippen MR) is 59.3 cm³/mol. The van der Waals surface area contributed by atoms with E-state index in [1.807, 2.05) is 0 Å². The van der Waals surface area contributed by atoms with Crippen molar-refractivity contribution in [2.75, 3.05) is 0 Å². The minimum Gasteiger partial charge on any atom is -0.256 e. The van der Waals surface area contributed by atoms with Crippen LogP contribution < -0.4 is 0 Å². The van der Waals surface area contributed by atoms with Crippen LogP contribution in [0.2, 0.25) is 0 Å². The second-order valence-electron chi connectivity index (χ2n) is 3.67. The Morgan fingerprint density at radius 1 is 1.11 bits per heavy atom. The summed E-state index contributed by atoms with van der Waals surface area (Å²) in [7, 11) is 0. The van der Waals surface area contributed by atoms with Crippen LogP contribution in [0.15, 0.2) is 36.5 Å². The third kappa shape index (κ3) is 2.40. The summed E-state index contributed by atoms with van der Waals surface area (Å²) in [5.74, 6) is -1.21. The highest BCUT2D eigenvalue weighted by molar-refractivity contribution is 5.64. The molecule has 2 rings (SSSR count). The van der Waals surface area contributed by atoms with Gasteiger partial charge in [0.25, 0.3) is 0 Å². The molecule has 0 aliphatic carbocycles. The van der Waals surface area contributed by atoms with Gasteiger partial charge in [-0.2, -0.15) is 18.4 Å².